The number of amides is 1. The van der Waals surface area contributed by atoms with Gasteiger partial charge in [-0.1, -0.05) is 6.07 Å². The molecule has 1 amide bonds. The van der Waals surface area contributed by atoms with Crippen LogP contribution < -0.4 is 4.74 Å². The van der Waals surface area contributed by atoms with Gasteiger partial charge in [-0.05, 0) is 61.9 Å². The lowest BCUT2D eigenvalue weighted by Gasteiger charge is -2.33. The summed E-state index contributed by atoms with van der Waals surface area (Å²) in [6.45, 7) is 4.47. The second-order valence-corrected chi connectivity index (χ2v) is 8.92. The van der Waals surface area contributed by atoms with E-state index in [1.54, 1.807) is 17.3 Å². The highest BCUT2D eigenvalue weighted by Crippen LogP contribution is 2.41. The summed E-state index contributed by atoms with van der Waals surface area (Å²) in [7, 11) is 0. The van der Waals surface area contributed by atoms with Gasteiger partial charge < -0.3 is 9.64 Å². The van der Waals surface area contributed by atoms with Gasteiger partial charge in [0.1, 0.15) is 11.8 Å². The Morgan fingerprint density at radius 3 is 2.53 bits per heavy atom. The van der Waals surface area contributed by atoms with Crippen molar-refractivity contribution in [3.8, 4) is 17.1 Å². The van der Waals surface area contributed by atoms with E-state index in [9.17, 15) is 18.0 Å². The monoisotopic (exact) mass is 468 g/mol. The SMILES string of the molecule is Cc1cccnc1-c1c(C)ccnc1C(=O)N1C[C@H]2C[C@@H](Oc3ccc(C(F)(F)F)cn3)[C@@H]1C2. The number of ether oxygens (including phenoxy) is 1. The summed E-state index contributed by atoms with van der Waals surface area (Å²) in [6, 6.07) is 7.64. The van der Waals surface area contributed by atoms with E-state index < -0.39 is 11.7 Å². The number of piperidine rings is 1. The summed E-state index contributed by atoms with van der Waals surface area (Å²) in [5.41, 5.74) is 2.82. The number of aromatic nitrogens is 3. The van der Waals surface area contributed by atoms with E-state index in [2.05, 4.69) is 15.0 Å². The first kappa shape index (κ1) is 22.3. The quantitative estimate of drug-likeness (QED) is 0.547. The number of aryl methyl sites for hydroxylation is 2. The first-order chi connectivity index (χ1) is 16.2. The van der Waals surface area contributed by atoms with Gasteiger partial charge in [-0.3, -0.25) is 14.8 Å². The van der Waals surface area contributed by atoms with Crippen LogP contribution in [-0.2, 0) is 6.18 Å². The molecule has 2 bridgehead atoms. The first-order valence-electron chi connectivity index (χ1n) is 11.1. The van der Waals surface area contributed by atoms with Gasteiger partial charge in [0.15, 0.2) is 0 Å². The summed E-state index contributed by atoms with van der Waals surface area (Å²) in [6.07, 6.45) is 0.804. The number of halogens is 3. The number of likely N-dealkylation sites (tertiary alicyclic amines) is 1. The van der Waals surface area contributed by atoms with E-state index in [-0.39, 0.29) is 29.9 Å². The van der Waals surface area contributed by atoms with Crippen LogP contribution in [0.2, 0.25) is 0 Å². The molecule has 6 nitrogen and oxygen atoms in total. The molecule has 0 radical (unpaired) electrons. The Balaban J connectivity index is 1.40. The minimum atomic E-state index is -4.45. The summed E-state index contributed by atoms with van der Waals surface area (Å²) in [4.78, 5) is 28.2. The number of carbonyl (C=O) groups is 1. The van der Waals surface area contributed by atoms with Crippen LogP contribution in [0.5, 0.6) is 5.88 Å². The molecule has 3 aromatic heterocycles. The fraction of sp³-hybridized carbons (Fsp3) is 0.360. The molecule has 5 rings (SSSR count). The third kappa shape index (κ3) is 3.99. The van der Waals surface area contributed by atoms with Gasteiger partial charge in [-0.2, -0.15) is 13.2 Å². The van der Waals surface area contributed by atoms with Gasteiger partial charge in [0, 0.05) is 36.8 Å². The molecule has 4 heterocycles. The number of hydrogen-bond acceptors (Lipinski definition) is 5. The molecule has 0 spiro atoms. The van der Waals surface area contributed by atoms with Gasteiger partial charge >= 0.3 is 6.18 Å². The predicted octanol–water partition coefficient (Wildman–Crippen LogP) is 4.86. The molecule has 3 atom stereocenters. The number of alkyl halides is 3. The zero-order valence-corrected chi connectivity index (χ0v) is 18.7. The molecule has 2 fully saturated rings. The van der Waals surface area contributed by atoms with Crippen LogP contribution in [0.4, 0.5) is 13.2 Å². The van der Waals surface area contributed by atoms with Crippen molar-refractivity contribution in [2.75, 3.05) is 6.54 Å². The average molecular weight is 468 g/mol. The predicted molar refractivity (Wildman–Crippen MR) is 118 cm³/mol. The number of pyridine rings is 3. The molecule has 0 aromatic carbocycles. The molecule has 176 valence electrons. The van der Waals surface area contributed by atoms with E-state index in [1.807, 2.05) is 32.0 Å². The fourth-order valence-corrected chi connectivity index (χ4v) is 5.00. The number of hydrogen-bond donors (Lipinski definition) is 0. The van der Waals surface area contributed by atoms with Gasteiger partial charge in [-0.15, -0.1) is 0 Å². The molecule has 0 unspecified atom stereocenters. The van der Waals surface area contributed by atoms with E-state index in [1.165, 1.54) is 6.07 Å². The Hall–Kier alpha value is -3.49. The summed E-state index contributed by atoms with van der Waals surface area (Å²) in [5, 5.41) is 0. The van der Waals surface area contributed by atoms with Crippen molar-refractivity contribution in [3.63, 3.8) is 0 Å². The van der Waals surface area contributed by atoms with Crippen LogP contribution in [-0.4, -0.2) is 44.4 Å². The first-order valence-corrected chi connectivity index (χ1v) is 11.1. The molecular weight excluding hydrogens is 445 g/mol. The standard InChI is InChI=1S/C25H23F3N4O2/c1-14-7-9-30-23(21(14)22-15(2)4-3-8-29-22)24(33)32-13-16-10-18(32)19(11-16)34-20-6-5-17(12-31-20)25(26,27)28/h3-9,12,16,18-19H,10-11,13H2,1-2H3/t16-,18+,19-/m1/s1. The topological polar surface area (TPSA) is 68.2 Å². The van der Waals surface area contributed by atoms with Crippen molar-refractivity contribution in [2.45, 2.75) is 45.0 Å². The van der Waals surface area contributed by atoms with E-state index in [0.29, 0.717) is 12.2 Å². The van der Waals surface area contributed by atoms with Gasteiger partial charge in [0.25, 0.3) is 5.91 Å². The molecule has 34 heavy (non-hydrogen) atoms. The molecule has 1 saturated carbocycles. The van der Waals surface area contributed by atoms with Crippen molar-refractivity contribution >= 4 is 5.91 Å². The normalized spacial score (nSPS) is 21.7. The lowest BCUT2D eigenvalue weighted by atomic mass is 9.99. The number of fused-ring (bicyclic) bond motifs is 2. The van der Waals surface area contributed by atoms with E-state index in [4.69, 9.17) is 4.74 Å². The molecule has 1 aliphatic carbocycles. The summed E-state index contributed by atoms with van der Waals surface area (Å²) >= 11 is 0. The van der Waals surface area contributed by atoms with Crippen LogP contribution in [0.1, 0.15) is 40.0 Å². The molecule has 2 aliphatic rings. The molecule has 1 saturated heterocycles. The Kier molecular flexibility index (Phi) is 5.50. The molecule has 9 heteroatoms. The minimum absolute atomic E-state index is 0.122. The third-order valence-electron chi connectivity index (χ3n) is 6.63. The van der Waals surface area contributed by atoms with E-state index >= 15 is 0 Å². The molecule has 3 aromatic rings. The smallest absolute Gasteiger partial charge is 0.417 e. The van der Waals surface area contributed by atoms with Crippen molar-refractivity contribution in [1.29, 1.82) is 0 Å². The lowest BCUT2D eigenvalue weighted by Crippen LogP contribution is -2.47. The number of nitrogens with zero attached hydrogens (tertiary/aromatic N) is 4. The van der Waals surface area contributed by atoms with Crippen molar-refractivity contribution in [1.82, 2.24) is 19.9 Å². The van der Waals surface area contributed by atoms with Gasteiger partial charge in [0.05, 0.1) is 17.3 Å². The minimum Gasteiger partial charge on any atom is -0.472 e. The number of rotatable bonds is 4. The van der Waals surface area contributed by atoms with Crippen LogP contribution in [0.25, 0.3) is 11.3 Å². The van der Waals surface area contributed by atoms with Crippen molar-refractivity contribution in [3.05, 3.63) is 71.3 Å². The molecule has 1 aliphatic heterocycles. The van der Waals surface area contributed by atoms with Crippen LogP contribution in [0.3, 0.4) is 0 Å². The highest BCUT2D eigenvalue weighted by Gasteiger charge is 2.49. The number of carbonyl (C=O) groups excluding carboxylic acids is 1. The zero-order valence-electron chi connectivity index (χ0n) is 18.7. The second-order valence-electron chi connectivity index (χ2n) is 8.92. The largest absolute Gasteiger partial charge is 0.472 e. The lowest BCUT2D eigenvalue weighted by molar-refractivity contribution is -0.137. The van der Waals surface area contributed by atoms with Crippen LogP contribution >= 0.6 is 0 Å². The van der Waals surface area contributed by atoms with E-state index in [0.717, 1.165) is 47.5 Å². The third-order valence-corrected chi connectivity index (χ3v) is 6.63. The van der Waals surface area contributed by atoms with Gasteiger partial charge in [-0.25, -0.2) is 4.98 Å². The maximum atomic E-state index is 13.7. The van der Waals surface area contributed by atoms with Crippen molar-refractivity contribution < 1.29 is 22.7 Å². The molecule has 0 N–H and O–H groups in total. The van der Waals surface area contributed by atoms with Gasteiger partial charge in [0.2, 0.25) is 5.88 Å². The highest BCUT2D eigenvalue weighted by atomic mass is 19.4. The fourth-order valence-electron chi connectivity index (χ4n) is 5.00. The maximum Gasteiger partial charge on any atom is 0.417 e. The summed E-state index contributed by atoms with van der Waals surface area (Å²) in [5.74, 6) is 0.194. The van der Waals surface area contributed by atoms with Crippen molar-refractivity contribution in [2.24, 2.45) is 5.92 Å². The Morgan fingerprint density at radius 1 is 1.03 bits per heavy atom. The summed E-state index contributed by atoms with van der Waals surface area (Å²) < 4.78 is 44.4. The van der Waals surface area contributed by atoms with Crippen LogP contribution in [0, 0.1) is 19.8 Å². The Bertz CT molecular complexity index is 1230. The Labute approximate surface area is 194 Å². The zero-order chi connectivity index (χ0) is 24.0. The highest BCUT2D eigenvalue weighted by molar-refractivity contribution is 6.00. The van der Waals surface area contributed by atoms with Crippen LogP contribution in [0.15, 0.2) is 48.9 Å². The second kappa shape index (κ2) is 8.38. The maximum absolute atomic E-state index is 13.7. The molecular formula is C25H23F3N4O2. The average Bonchev–Trinajstić information content (AvgIpc) is 3.39. The Morgan fingerprint density at radius 2 is 1.85 bits per heavy atom.